The average Bonchev–Trinajstić information content (AvgIpc) is 2.56. The largest absolute Gasteiger partial charge is 0.322 e. The maximum atomic E-state index is 12.2. The van der Waals surface area contributed by atoms with Crippen molar-refractivity contribution < 1.29 is 4.79 Å². The fourth-order valence-electron chi connectivity index (χ4n) is 2.81. The first-order chi connectivity index (χ1) is 10.7. The molecule has 0 aromatic heterocycles. The van der Waals surface area contributed by atoms with Crippen LogP contribution in [0.15, 0.2) is 48.5 Å². The zero-order chi connectivity index (χ0) is 15.4. The van der Waals surface area contributed by atoms with Crippen molar-refractivity contribution in [2.24, 2.45) is 0 Å². The number of benzene rings is 2. The molecule has 2 aromatic carbocycles. The van der Waals surface area contributed by atoms with Crippen molar-refractivity contribution in [3.8, 4) is 0 Å². The number of amides is 1. The molecule has 23 heavy (non-hydrogen) atoms. The van der Waals surface area contributed by atoms with E-state index in [0.717, 1.165) is 18.8 Å². The molecule has 3 rings (SSSR count). The van der Waals surface area contributed by atoms with E-state index in [0.29, 0.717) is 16.5 Å². The second kappa shape index (κ2) is 8.34. The van der Waals surface area contributed by atoms with Crippen molar-refractivity contribution in [3.05, 3.63) is 64.7 Å². The second-order valence-corrected chi connectivity index (χ2v) is 6.07. The van der Waals surface area contributed by atoms with Gasteiger partial charge in [-0.3, -0.25) is 4.79 Å². The third-order valence-corrected chi connectivity index (χ3v) is 4.26. The third kappa shape index (κ3) is 4.71. The van der Waals surface area contributed by atoms with E-state index in [4.69, 9.17) is 11.6 Å². The van der Waals surface area contributed by atoms with Crippen molar-refractivity contribution >= 4 is 35.6 Å². The minimum absolute atomic E-state index is 0. The number of carbonyl (C=O) groups excluding carboxylic acids is 1. The molecule has 122 valence electrons. The van der Waals surface area contributed by atoms with Gasteiger partial charge in [-0.1, -0.05) is 29.8 Å². The van der Waals surface area contributed by atoms with Crippen LogP contribution in [0.1, 0.15) is 34.7 Å². The molecule has 1 atom stereocenters. The molecule has 1 aliphatic rings. The first kappa shape index (κ1) is 17.8. The lowest BCUT2D eigenvalue weighted by Crippen LogP contribution is -2.28. The first-order valence-corrected chi connectivity index (χ1v) is 7.98. The molecule has 0 spiro atoms. The lowest BCUT2D eigenvalue weighted by Gasteiger charge is -2.23. The highest BCUT2D eigenvalue weighted by atomic mass is 35.5. The number of anilines is 1. The Morgan fingerprint density at radius 1 is 1.17 bits per heavy atom. The minimum Gasteiger partial charge on any atom is -0.322 e. The zero-order valence-electron chi connectivity index (χ0n) is 12.7. The van der Waals surface area contributed by atoms with Gasteiger partial charge >= 0.3 is 0 Å². The highest BCUT2D eigenvalue weighted by Gasteiger charge is 2.15. The molecule has 0 unspecified atom stereocenters. The van der Waals surface area contributed by atoms with E-state index in [1.807, 2.05) is 12.1 Å². The summed E-state index contributed by atoms with van der Waals surface area (Å²) in [6.07, 6.45) is 2.44. The van der Waals surface area contributed by atoms with Crippen LogP contribution in [0, 0.1) is 0 Å². The Morgan fingerprint density at radius 3 is 2.61 bits per heavy atom. The van der Waals surface area contributed by atoms with Crippen molar-refractivity contribution in [2.45, 2.75) is 18.8 Å². The predicted molar refractivity (Wildman–Crippen MR) is 97.9 cm³/mol. The lowest BCUT2D eigenvalue weighted by molar-refractivity contribution is 0.102. The Bertz CT molecular complexity index is 652. The number of piperidine rings is 1. The number of halogens is 2. The average molecular weight is 351 g/mol. The normalized spacial score (nSPS) is 17.2. The predicted octanol–water partition coefficient (Wildman–Crippen LogP) is 4.48. The molecule has 1 amide bonds. The maximum Gasteiger partial charge on any atom is 0.255 e. The van der Waals surface area contributed by atoms with Gasteiger partial charge in [0.25, 0.3) is 5.91 Å². The third-order valence-electron chi connectivity index (χ3n) is 4.02. The molecule has 0 bridgehead atoms. The minimum atomic E-state index is -0.144. The van der Waals surface area contributed by atoms with Gasteiger partial charge in [0.2, 0.25) is 0 Å². The Hall–Kier alpha value is -1.55. The molecular weight excluding hydrogens is 331 g/mol. The molecule has 1 aliphatic heterocycles. The smallest absolute Gasteiger partial charge is 0.255 e. The van der Waals surface area contributed by atoms with Crippen LogP contribution in [-0.4, -0.2) is 19.0 Å². The van der Waals surface area contributed by atoms with E-state index in [1.54, 1.807) is 24.3 Å². The Kier molecular flexibility index (Phi) is 6.46. The van der Waals surface area contributed by atoms with Crippen molar-refractivity contribution in [3.63, 3.8) is 0 Å². The van der Waals surface area contributed by atoms with Gasteiger partial charge in [0.1, 0.15) is 0 Å². The van der Waals surface area contributed by atoms with Crippen molar-refractivity contribution in [1.82, 2.24) is 5.32 Å². The van der Waals surface area contributed by atoms with Crippen LogP contribution in [0.3, 0.4) is 0 Å². The highest BCUT2D eigenvalue weighted by Crippen LogP contribution is 2.24. The molecule has 0 aliphatic carbocycles. The summed E-state index contributed by atoms with van der Waals surface area (Å²) in [7, 11) is 0. The number of rotatable bonds is 3. The van der Waals surface area contributed by atoms with Crippen LogP contribution >= 0.6 is 24.0 Å². The maximum absolute atomic E-state index is 12.2. The van der Waals surface area contributed by atoms with E-state index in [1.165, 1.54) is 18.4 Å². The summed E-state index contributed by atoms with van der Waals surface area (Å²) in [5, 5.41) is 6.89. The van der Waals surface area contributed by atoms with Crippen LogP contribution in [-0.2, 0) is 0 Å². The Labute approximate surface area is 147 Å². The van der Waals surface area contributed by atoms with E-state index in [-0.39, 0.29) is 18.3 Å². The van der Waals surface area contributed by atoms with Gasteiger partial charge in [0, 0.05) is 22.8 Å². The van der Waals surface area contributed by atoms with Gasteiger partial charge in [-0.05, 0) is 61.2 Å². The van der Waals surface area contributed by atoms with Crippen molar-refractivity contribution in [2.75, 3.05) is 18.4 Å². The molecule has 3 nitrogen and oxygen atoms in total. The van der Waals surface area contributed by atoms with Gasteiger partial charge in [-0.2, -0.15) is 0 Å². The molecular formula is C18H20Cl2N2O. The van der Waals surface area contributed by atoms with E-state index in [9.17, 15) is 4.79 Å². The molecule has 1 heterocycles. The Balaban J connectivity index is 0.00000192. The monoisotopic (exact) mass is 350 g/mol. The van der Waals surface area contributed by atoms with E-state index < -0.39 is 0 Å². The van der Waals surface area contributed by atoms with Gasteiger partial charge in [0.05, 0.1) is 0 Å². The number of nitrogens with one attached hydrogen (secondary N) is 2. The summed E-state index contributed by atoms with van der Waals surface area (Å²) < 4.78 is 0. The van der Waals surface area contributed by atoms with Crippen LogP contribution in [0.2, 0.25) is 5.02 Å². The number of hydrogen-bond acceptors (Lipinski definition) is 2. The topological polar surface area (TPSA) is 41.1 Å². The quantitative estimate of drug-likeness (QED) is 0.856. The van der Waals surface area contributed by atoms with Crippen LogP contribution in [0.5, 0.6) is 0 Å². The fraction of sp³-hybridized carbons (Fsp3) is 0.278. The van der Waals surface area contributed by atoms with Crippen molar-refractivity contribution in [1.29, 1.82) is 0 Å². The fourth-order valence-corrected chi connectivity index (χ4v) is 3.00. The zero-order valence-corrected chi connectivity index (χ0v) is 14.3. The van der Waals surface area contributed by atoms with Gasteiger partial charge in [-0.25, -0.2) is 0 Å². The van der Waals surface area contributed by atoms with Crippen LogP contribution < -0.4 is 10.6 Å². The van der Waals surface area contributed by atoms with Gasteiger partial charge in [0.15, 0.2) is 0 Å². The van der Waals surface area contributed by atoms with E-state index in [2.05, 4.69) is 22.8 Å². The van der Waals surface area contributed by atoms with Gasteiger partial charge in [-0.15, -0.1) is 12.4 Å². The summed E-state index contributed by atoms with van der Waals surface area (Å²) in [5.74, 6) is 0.431. The molecule has 2 aromatic rings. The number of hydrogen-bond donors (Lipinski definition) is 2. The molecule has 5 heteroatoms. The Morgan fingerprint density at radius 2 is 1.96 bits per heavy atom. The second-order valence-electron chi connectivity index (χ2n) is 5.63. The summed E-state index contributed by atoms with van der Waals surface area (Å²) in [6, 6.07) is 15.1. The molecule has 1 saturated heterocycles. The van der Waals surface area contributed by atoms with Crippen LogP contribution in [0.25, 0.3) is 0 Å². The summed E-state index contributed by atoms with van der Waals surface area (Å²) in [6.45, 7) is 2.15. The highest BCUT2D eigenvalue weighted by molar-refractivity contribution is 6.31. The van der Waals surface area contributed by atoms with Gasteiger partial charge < -0.3 is 10.6 Å². The molecule has 0 saturated carbocycles. The lowest BCUT2D eigenvalue weighted by atomic mass is 9.91. The summed E-state index contributed by atoms with van der Waals surface area (Å²) >= 11 is 5.91. The SMILES string of the molecule is Cl.O=C(Nc1ccc([C@@H]2CCCNC2)cc1)c1cccc(Cl)c1. The number of carbonyl (C=O) groups is 1. The molecule has 0 radical (unpaired) electrons. The standard InChI is InChI=1S/C18H19ClN2O.ClH/c19-16-5-1-3-14(11-16)18(22)21-17-8-6-13(7-9-17)15-4-2-10-20-12-15;/h1,3,5-9,11,15,20H,2,4,10,12H2,(H,21,22);1H/t15-;/m1./s1. The molecule has 1 fully saturated rings. The summed E-state index contributed by atoms with van der Waals surface area (Å²) in [5.41, 5.74) is 2.69. The molecule has 2 N–H and O–H groups in total. The summed E-state index contributed by atoms with van der Waals surface area (Å²) in [4.78, 5) is 12.2. The van der Waals surface area contributed by atoms with Crippen LogP contribution in [0.4, 0.5) is 5.69 Å². The van der Waals surface area contributed by atoms with E-state index >= 15 is 0 Å². The first-order valence-electron chi connectivity index (χ1n) is 7.60.